The summed E-state index contributed by atoms with van der Waals surface area (Å²) in [5, 5.41) is 0.561. The predicted octanol–water partition coefficient (Wildman–Crippen LogP) is 6.38. The van der Waals surface area contributed by atoms with Crippen molar-refractivity contribution in [2.45, 2.75) is 0 Å². The summed E-state index contributed by atoms with van der Waals surface area (Å²) in [7, 11) is -18.0. The summed E-state index contributed by atoms with van der Waals surface area (Å²) in [6.45, 7) is 0. The van der Waals surface area contributed by atoms with Crippen LogP contribution in [-0.4, -0.2) is 21.8 Å². The van der Waals surface area contributed by atoms with Gasteiger partial charge in [-0.15, -0.1) is 0 Å². The molecule has 0 aliphatic rings. The Bertz CT molecular complexity index is 329. The van der Waals surface area contributed by atoms with Crippen molar-refractivity contribution in [2.75, 3.05) is 0 Å². The van der Waals surface area contributed by atoms with Gasteiger partial charge in [0.15, 0.2) is 0 Å². The lowest BCUT2D eigenvalue weighted by atomic mass is 10.3. The molecule has 0 aliphatic heterocycles. The zero-order valence-corrected chi connectivity index (χ0v) is 11.1. The lowest BCUT2D eigenvalue weighted by molar-refractivity contribution is 0.366. The zero-order chi connectivity index (χ0) is 19.5. The highest BCUT2D eigenvalue weighted by molar-refractivity contribution is 6.50. The van der Waals surface area contributed by atoms with Gasteiger partial charge in [0.2, 0.25) is 0 Å². The van der Waals surface area contributed by atoms with Crippen LogP contribution < -0.4 is 0 Å². The molecule has 0 N–H and O–H groups in total. The van der Waals surface area contributed by atoms with Crippen molar-refractivity contribution in [1.29, 1.82) is 0 Å². The van der Waals surface area contributed by atoms with Crippen LogP contribution in [0, 0.1) is 5.82 Å². The molecule has 23 heavy (non-hydrogen) atoms. The maximum absolute atomic E-state index is 12.0. The normalized spacial score (nSPS) is 11.0. The third-order valence-corrected chi connectivity index (χ3v) is 1.06. The van der Waals surface area contributed by atoms with Crippen molar-refractivity contribution in [3.8, 4) is 0 Å². The molecule has 0 nitrogen and oxygen atoms in total. The number of halogens is 14. The smallest absolute Gasteiger partial charge is 0.418 e. The Morgan fingerprint density at radius 1 is 0.522 bits per heavy atom. The molecule has 17 heteroatoms. The summed E-state index contributed by atoms with van der Waals surface area (Å²) in [6.07, 6.45) is 0. The largest absolute Gasteiger partial charge is 0.673 e. The van der Waals surface area contributed by atoms with E-state index in [-0.39, 0.29) is 5.82 Å². The van der Waals surface area contributed by atoms with Crippen LogP contribution in [0.5, 0.6) is 0 Å². The summed E-state index contributed by atoms with van der Waals surface area (Å²) >= 11 is 5.44. The van der Waals surface area contributed by atoms with E-state index in [0.29, 0.717) is 5.02 Å². The van der Waals surface area contributed by atoms with Crippen LogP contribution in [-0.2, 0) is 0 Å². The van der Waals surface area contributed by atoms with Crippen LogP contribution in [0.2, 0.25) is 5.02 Å². The fourth-order valence-corrected chi connectivity index (χ4v) is 0.556. The fourth-order valence-electron chi connectivity index (χ4n) is 0.430. The Morgan fingerprint density at radius 2 is 0.696 bits per heavy atom. The molecule has 0 radical (unpaired) electrons. The molecule has 0 bridgehead atoms. The Morgan fingerprint density at radius 3 is 0.826 bits per heavy atom. The van der Waals surface area contributed by atoms with Gasteiger partial charge in [0.05, 0.1) is 0 Å². The summed E-state index contributed by atoms with van der Waals surface area (Å²) in [6, 6.07) is 5.67. The van der Waals surface area contributed by atoms with Gasteiger partial charge in [-0.3, -0.25) is 0 Å². The van der Waals surface area contributed by atoms with Gasteiger partial charge in [-0.05, 0) is 24.3 Å². The lowest BCUT2D eigenvalue weighted by Crippen LogP contribution is -2.02. The zero-order valence-electron chi connectivity index (χ0n) is 10.3. The Kier molecular flexibility index (Phi) is 13.2. The molecular weight excluding hydrogens is 387 g/mol. The second-order valence-corrected chi connectivity index (χ2v) is 3.36. The van der Waals surface area contributed by atoms with Gasteiger partial charge in [0.25, 0.3) is 0 Å². The first kappa shape index (κ1) is 26.7. The predicted molar refractivity (Wildman–Crippen MR) is 62.0 cm³/mol. The van der Waals surface area contributed by atoms with Crippen LogP contribution in [0.1, 0.15) is 0 Å². The number of rotatable bonds is 0. The quantitative estimate of drug-likeness (QED) is 0.356. The van der Waals surface area contributed by atoms with Crippen molar-refractivity contribution in [3.05, 3.63) is 35.1 Å². The van der Waals surface area contributed by atoms with E-state index >= 15 is 0 Å². The number of hydrogen-bond donors (Lipinski definition) is 0. The van der Waals surface area contributed by atoms with Crippen molar-refractivity contribution < 1.29 is 56.2 Å². The topological polar surface area (TPSA) is 0 Å². The Hall–Kier alpha value is -1.21. The van der Waals surface area contributed by atoms with Crippen molar-refractivity contribution in [1.82, 2.24) is 0 Å². The summed E-state index contributed by atoms with van der Waals surface area (Å²) in [5.74, 6) is -0.255. The number of hydrogen-bond acceptors (Lipinski definition) is 0. The molecule has 0 spiro atoms. The average molecular weight is 391 g/mol. The maximum atomic E-state index is 12.0. The second-order valence-electron chi connectivity index (χ2n) is 2.92. The van der Waals surface area contributed by atoms with Crippen LogP contribution in [0.3, 0.4) is 0 Å². The molecule has 0 atom stereocenters. The maximum Gasteiger partial charge on any atom is 0.673 e. The highest BCUT2D eigenvalue weighted by atomic mass is 35.5. The molecule has 0 unspecified atom stereocenters. The molecule has 0 saturated heterocycles. The van der Waals surface area contributed by atoms with Crippen LogP contribution in [0.4, 0.5) is 56.2 Å². The van der Waals surface area contributed by atoms with Crippen LogP contribution in [0.15, 0.2) is 24.3 Å². The van der Waals surface area contributed by atoms with Gasteiger partial charge in [0, 0.05) is 5.02 Å². The SMILES string of the molecule is F[B-](F)(F)F.F[B-](F)(F)F.F[B-](F)(F)F.Fc1ccc(Cl)cc1. The van der Waals surface area contributed by atoms with Gasteiger partial charge < -0.3 is 51.8 Å². The molecule has 0 heterocycles. The summed E-state index contributed by atoms with van der Waals surface area (Å²) in [4.78, 5) is 0. The highest BCUT2D eigenvalue weighted by Crippen LogP contribution is 2.08. The van der Waals surface area contributed by atoms with E-state index in [0.717, 1.165) is 0 Å². The van der Waals surface area contributed by atoms with E-state index in [1.54, 1.807) is 0 Å². The molecule has 0 aliphatic carbocycles. The number of benzene rings is 1. The minimum atomic E-state index is -6.00. The first-order valence-electron chi connectivity index (χ1n) is 4.82. The van der Waals surface area contributed by atoms with Gasteiger partial charge in [-0.25, -0.2) is 4.39 Å². The summed E-state index contributed by atoms with van der Waals surface area (Å²) in [5.41, 5.74) is 0. The van der Waals surface area contributed by atoms with E-state index < -0.39 is 21.8 Å². The van der Waals surface area contributed by atoms with E-state index in [1.807, 2.05) is 0 Å². The Labute approximate surface area is 125 Å². The molecule has 1 rings (SSSR count). The molecule has 0 amide bonds. The van der Waals surface area contributed by atoms with Crippen molar-refractivity contribution >= 4 is 33.4 Å². The van der Waals surface area contributed by atoms with Gasteiger partial charge in [-0.1, -0.05) is 11.6 Å². The molecule has 0 saturated carbocycles. The molecular formula is C6H4B3ClF13-3. The first-order valence-corrected chi connectivity index (χ1v) is 5.20. The van der Waals surface area contributed by atoms with Gasteiger partial charge in [-0.2, -0.15) is 0 Å². The van der Waals surface area contributed by atoms with Crippen LogP contribution >= 0.6 is 11.6 Å². The highest BCUT2D eigenvalue weighted by Gasteiger charge is 2.21. The van der Waals surface area contributed by atoms with Gasteiger partial charge in [0.1, 0.15) is 5.82 Å². The first-order chi connectivity index (χ1) is 9.79. The molecule has 0 fully saturated rings. The standard InChI is InChI=1S/C6H4ClF.3BF4/c7-5-1-3-6(8)4-2-5;3*2-1(3,4)5/h1-4H;;;/q;3*-1. The monoisotopic (exact) mass is 391 g/mol. The van der Waals surface area contributed by atoms with Crippen LogP contribution in [0.25, 0.3) is 0 Å². The van der Waals surface area contributed by atoms with E-state index in [4.69, 9.17) is 11.6 Å². The van der Waals surface area contributed by atoms with E-state index in [1.165, 1.54) is 24.3 Å². The van der Waals surface area contributed by atoms with Gasteiger partial charge >= 0.3 is 21.8 Å². The van der Waals surface area contributed by atoms with E-state index in [2.05, 4.69) is 0 Å². The third-order valence-electron chi connectivity index (χ3n) is 0.804. The minimum absolute atomic E-state index is 0.255. The minimum Gasteiger partial charge on any atom is -0.418 e. The van der Waals surface area contributed by atoms with E-state index in [9.17, 15) is 56.2 Å². The fraction of sp³-hybridized carbons (Fsp3) is 0. The lowest BCUT2D eigenvalue weighted by Gasteiger charge is -1.94. The molecule has 1 aromatic carbocycles. The molecule has 138 valence electrons. The third kappa shape index (κ3) is 95.0. The second kappa shape index (κ2) is 11.3. The van der Waals surface area contributed by atoms with Crippen molar-refractivity contribution in [3.63, 3.8) is 0 Å². The molecule has 1 aromatic rings. The summed E-state index contributed by atoms with van der Waals surface area (Å²) < 4.78 is 129. The molecule has 0 aromatic heterocycles. The van der Waals surface area contributed by atoms with Crippen molar-refractivity contribution in [2.24, 2.45) is 0 Å². The Balaban J connectivity index is -0.000000240. The average Bonchev–Trinajstić information content (AvgIpc) is 2.14.